The highest BCUT2D eigenvalue weighted by molar-refractivity contribution is 5.93. The fourth-order valence-corrected chi connectivity index (χ4v) is 2.17. The Morgan fingerprint density at radius 1 is 1.32 bits per heavy atom. The molecule has 2 rings (SSSR count). The van der Waals surface area contributed by atoms with Gasteiger partial charge in [0.15, 0.2) is 5.76 Å². The number of rotatable bonds is 4. The van der Waals surface area contributed by atoms with Gasteiger partial charge in [-0.15, -0.1) is 0 Å². The number of carbonyl (C=O) groups excluding carboxylic acids is 1. The van der Waals surface area contributed by atoms with Crippen LogP contribution in [0.25, 0.3) is 0 Å². The van der Waals surface area contributed by atoms with E-state index in [1.165, 1.54) is 12.1 Å². The van der Waals surface area contributed by atoms with E-state index >= 15 is 0 Å². The second-order valence-electron chi connectivity index (χ2n) is 6.19. The monoisotopic (exact) mass is 305 g/mol. The molecule has 0 aliphatic carbocycles. The van der Waals surface area contributed by atoms with Gasteiger partial charge in [-0.05, 0) is 17.5 Å². The predicted octanol–water partition coefficient (Wildman–Crippen LogP) is 2.23. The smallest absolute Gasteiger partial charge is 0.371 e. The maximum atomic E-state index is 12.3. The quantitative estimate of drug-likeness (QED) is 0.902. The van der Waals surface area contributed by atoms with E-state index < -0.39 is 11.9 Å². The summed E-state index contributed by atoms with van der Waals surface area (Å²) in [5.74, 6) is -1.97. The van der Waals surface area contributed by atoms with Crippen molar-refractivity contribution in [3.05, 3.63) is 41.6 Å². The van der Waals surface area contributed by atoms with Crippen LogP contribution in [0.2, 0.25) is 0 Å². The van der Waals surface area contributed by atoms with Crippen molar-refractivity contribution in [2.24, 2.45) is 12.5 Å². The first-order chi connectivity index (χ1) is 10.2. The van der Waals surface area contributed by atoms with Crippen molar-refractivity contribution in [1.82, 2.24) is 15.1 Å². The molecule has 7 heteroatoms. The van der Waals surface area contributed by atoms with Gasteiger partial charge in [0.25, 0.3) is 5.91 Å². The summed E-state index contributed by atoms with van der Waals surface area (Å²) in [7, 11) is 1.80. The van der Waals surface area contributed by atoms with E-state index in [4.69, 9.17) is 9.52 Å². The number of aromatic carboxylic acids is 1. The highest BCUT2D eigenvalue weighted by Crippen LogP contribution is 2.32. The molecule has 0 aliphatic rings. The van der Waals surface area contributed by atoms with Gasteiger partial charge < -0.3 is 14.8 Å². The van der Waals surface area contributed by atoms with Gasteiger partial charge in [0.05, 0.1) is 12.2 Å². The van der Waals surface area contributed by atoms with Gasteiger partial charge in [0.2, 0.25) is 5.76 Å². The lowest BCUT2D eigenvalue weighted by molar-refractivity contribution is 0.0658. The number of nitrogens with zero attached hydrogens (tertiary/aromatic N) is 2. The predicted molar refractivity (Wildman–Crippen MR) is 78.5 cm³/mol. The number of aromatic nitrogens is 2. The minimum atomic E-state index is -1.21. The number of carboxylic acids is 1. The Labute approximate surface area is 127 Å². The van der Waals surface area contributed by atoms with Crippen molar-refractivity contribution in [2.45, 2.75) is 26.8 Å². The first kappa shape index (κ1) is 15.8. The number of carboxylic acid groups (broad SMARTS) is 1. The van der Waals surface area contributed by atoms with Gasteiger partial charge in [-0.25, -0.2) is 4.79 Å². The van der Waals surface area contributed by atoms with E-state index in [1.807, 2.05) is 27.0 Å². The average Bonchev–Trinajstić information content (AvgIpc) is 3.02. The summed E-state index contributed by atoms with van der Waals surface area (Å²) in [6, 6.07) is 2.32. The van der Waals surface area contributed by atoms with Gasteiger partial charge in [-0.2, -0.15) is 5.10 Å². The zero-order chi connectivity index (χ0) is 16.5. The molecule has 1 atom stereocenters. The number of nitrogens with one attached hydrogen (secondary N) is 1. The van der Waals surface area contributed by atoms with E-state index in [0.29, 0.717) is 0 Å². The Morgan fingerprint density at radius 3 is 2.41 bits per heavy atom. The normalized spacial score (nSPS) is 12.9. The molecular weight excluding hydrogens is 286 g/mol. The largest absolute Gasteiger partial charge is 0.475 e. The highest BCUT2D eigenvalue weighted by Gasteiger charge is 2.30. The minimum Gasteiger partial charge on any atom is -0.475 e. The van der Waals surface area contributed by atoms with Crippen molar-refractivity contribution < 1.29 is 19.1 Å². The number of hydrogen-bond donors (Lipinski definition) is 2. The number of carbonyl (C=O) groups is 2. The molecule has 118 valence electrons. The fraction of sp³-hybridized carbons (Fsp3) is 0.400. The standard InChI is InChI=1S/C15H19N3O4/c1-15(2,3)12(9-7-16-18(4)8-9)17-13(19)10-5-6-11(22-10)14(20)21/h5-8,12H,1-4H3,(H,17,19)(H,20,21). The Balaban J connectivity index is 2.23. The van der Waals surface area contributed by atoms with Crippen LogP contribution in [0.1, 0.15) is 53.5 Å². The summed E-state index contributed by atoms with van der Waals surface area (Å²) in [6.07, 6.45) is 3.53. The second kappa shape index (κ2) is 5.67. The summed E-state index contributed by atoms with van der Waals surface area (Å²) in [5.41, 5.74) is 0.620. The third-order valence-corrected chi connectivity index (χ3v) is 3.24. The van der Waals surface area contributed by atoms with Gasteiger partial charge in [0.1, 0.15) is 0 Å². The van der Waals surface area contributed by atoms with Crippen LogP contribution in [0.5, 0.6) is 0 Å². The van der Waals surface area contributed by atoms with Crippen molar-refractivity contribution in [3.63, 3.8) is 0 Å². The van der Waals surface area contributed by atoms with Gasteiger partial charge in [0, 0.05) is 18.8 Å². The van der Waals surface area contributed by atoms with Crippen LogP contribution in [0.3, 0.4) is 0 Å². The highest BCUT2D eigenvalue weighted by atomic mass is 16.4. The molecule has 0 spiro atoms. The zero-order valence-electron chi connectivity index (χ0n) is 13.0. The fourth-order valence-electron chi connectivity index (χ4n) is 2.17. The first-order valence-corrected chi connectivity index (χ1v) is 6.81. The molecular formula is C15H19N3O4. The van der Waals surface area contributed by atoms with E-state index in [0.717, 1.165) is 5.56 Å². The summed E-state index contributed by atoms with van der Waals surface area (Å²) in [4.78, 5) is 23.1. The molecule has 1 amide bonds. The lowest BCUT2D eigenvalue weighted by Crippen LogP contribution is -2.36. The Morgan fingerprint density at radius 2 is 1.95 bits per heavy atom. The first-order valence-electron chi connectivity index (χ1n) is 6.81. The third kappa shape index (κ3) is 3.36. The van der Waals surface area contributed by atoms with Crippen molar-refractivity contribution in [2.75, 3.05) is 0 Å². The molecule has 2 N–H and O–H groups in total. The van der Waals surface area contributed by atoms with Gasteiger partial charge in [-0.3, -0.25) is 9.48 Å². The van der Waals surface area contributed by atoms with Crippen LogP contribution >= 0.6 is 0 Å². The average molecular weight is 305 g/mol. The molecule has 0 aliphatic heterocycles. The SMILES string of the molecule is Cn1cc(C(NC(=O)c2ccc(C(=O)O)o2)C(C)(C)C)cn1. The van der Waals surface area contributed by atoms with Crippen LogP contribution in [0, 0.1) is 5.41 Å². The number of furan rings is 1. The molecule has 2 heterocycles. The Bertz CT molecular complexity index is 694. The van der Waals surface area contributed by atoms with Gasteiger partial charge >= 0.3 is 5.97 Å². The molecule has 1 unspecified atom stereocenters. The molecule has 0 saturated heterocycles. The molecule has 7 nitrogen and oxygen atoms in total. The zero-order valence-corrected chi connectivity index (χ0v) is 13.0. The summed E-state index contributed by atoms with van der Waals surface area (Å²) >= 11 is 0. The topological polar surface area (TPSA) is 97.4 Å². The lowest BCUT2D eigenvalue weighted by Gasteiger charge is -2.30. The molecule has 2 aromatic heterocycles. The number of amides is 1. The summed E-state index contributed by atoms with van der Waals surface area (Å²) < 4.78 is 6.69. The van der Waals surface area contributed by atoms with Crippen molar-refractivity contribution >= 4 is 11.9 Å². The van der Waals surface area contributed by atoms with E-state index in [-0.39, 0.29) is 23.0 Å². The maximum Gasteiger partial charge on any atom is 0.371 e. The van der Waals surface area contributed by atoms with Crippen LogP contribution < -0.4 is 5.32 Å². The minimum absolute atomic E-state index is 0.0319. The molecule has 0 saturated carbocycles. The van der Waals surface area contributed by atoms with Crippen LogP contribution in [-0.4, -0.2) is 26.8 Å². The molecule has 0 aromatic carbocycles. The number of aryl methyl sites for hydroxylation is 1. The maximum absolute atomic E-state index is 12.3. The summed E-state index contributed by atoms with van der Waals surface area (Å²) in [6.45, 7) is 5.99. The van der Waals surface area contributed by atoms with E-state index in [1.54, 1.807) is 17.9 Å². The van der Waals surface area contributed by atoms with Crippen LogP contribution in [0.15, 0.2) is 28.9 Å². The number of hydrogen-bond acceptors (Lipinski definition) is 4. The van der Waals surface area contributed by atoms with E-state index in [2.05, 4.69) is 10.4 Å². The molecule has 0 radical (unpaired) electrons. The van der Waals surface area contributed by atoms with Gasteiger partial charge in [-0.1, -0.05) is 20.8 Å². The Kier molecular flexibility index (Phi) is 4.07. The van der Waals surface area contributed by atoms with E-state index in [9.17, 15) is 9.59 Å². The van der Waals surface area contributed by atoms with Crippen molar-refractivity contribution in [3.8, 4) is 0 Å². The molecule has 22 heavy (non-hydrogen) atoms. The lowest BCUT2D eigenvalue weighted by atomic mass is 9.83. The summed E-state index contributed by atoms with van der Waals surface area (Å²) in [5, 5.41) is 15.8. The van der Waals surface area contributed by atoms with Crippen LogP contribution in [0.4, 0.5) is 0 Å². The molecule has 0 fully saturated rings. The molecule has 0 bridgehead atoms. The third-order valence-electron chi connectivity index (χ3n) is 3.24. The van der Waals surface area contributed by atoms with Crippen LogP contribution in [-0.2, 0) is 7.05 Å². The second-order valence-corrected chi connectivity index (χ2v) is 6.19. The Hall–Kier alpha value is -2.57. The van der Waals surface area contributed by atoms with Crippen molar-refractivity contribution in [1.29, 1.82) is 0 Å². The molecule has 2 aromatic rings.